The van der Waals surface area contributed by atoms with Gasteiger partial charge in [0.15, 0.2) is 11.0 Å². The number of carbonyl (C=O) groups is 1. The Kier molecular flexibility index (Phi) is 6.89. The summed E-state index contributed by atoms with van der Waals surface area (Å²) in [5, 5.41) is 12.2. The minimum absolute atomic E-state index is 0.0133. The van der Waals surface area contributed by atoms with Crippen LogP contribution in [0.25, 0.3) is 5.69 Å². The van der Waals surface area contributed by atoms with Gasteiger partial charge in [-0.2, -0.15) is 0 Å². The highest BCUT2D eigenvalue weighted by atomic mass is 32.2. The number of halogens is 1. The van der Waals surface area contributed by atoms with Crippen molar-refractivity contribution >= 4 is 23.4 Å². The molecule has 0 aliphatic heterocycles. The van der Waals surface area contributed by atoms with Crippen molar-refractivity contribution in [1.29, 1.82) is 0 Å². The number of hydrogen-bond acceptors (Lipinski definition) is 5. The molecular formula is C22H26FN5OS. The number of amides is 1. The van der Waals surface area contributed by atoms with E-state index in [0.29, 0.717) is 5.16 Å². The highest BCUT2D eigenvalue weighted by molar-refractivity contribution is 7.99. The third kappa shape index (κ3) is 4.88. The lowest BCUT2D eigenvalue weighted by Gasteiger charge is -2.20. The van der Waals surface area contributed by atoms with Crippen LogP contribution >= 0.6 is 11.8 Å². The Bertz CT molecular complexity index is 1030. The first-order valence-corrected chi connectivity index (χ1v) is 10.6. The van der Waals surface area contributed by atoms with Crippen LogP contribution in [0.4, 0.5) is 10.1 Å². The van der Waals surface area contributed by atoms with E-state index in [1.165, 1.54) is 23.9 Å². The van der Waals surface area contributed by atoms with Crippen LogP contribution in [0.1, 0.15) is 29.9 Å². The Balaban J connectivity index is 1.82. The van der Waals surface area contributed by atoms with Crippen molar-refractivity contribution < 1.29 is 9.18 Å². The van der Waals surface area contributed by atoms with Crippen molar-refractivity contribution in [3.63, 3.8) is 0 Å². The first kappa shape index (κ1) is 22.0. The molecule has 2 aromatic carbocycles. The maximum Gasteiger partial charge on any atom is 0.234 e. The summed E-state index contributed by atoms with van der Waals surface area (Å²) in [6.07, 6.45) is 0. The van der Waals surface area contributed by atoms with Crippen LogP contribution < -0.4 is 5.32 Å². The quantitative estimate of drug-likeness (QED) is 0.567. The second kappa shape index (κ2) is 9.40. The molecule has 1 aromatic heterocycles. The number of aromatic nitrogens is 3. The fourth-order valence-electron chi connectivity index (χ4n) is 2.91. The van der Waals surface area contributed by atoms with E-state index >= 15 is 0 Å². The first-order valence-electron chi connectivity index (χ1n) is 9.64. The second-order valence-electron chi connectivity index (χ2n) is 7.38. The van der Waals surface area contributed by atoms with Gasteiger partial charge in [-0.05, 0) is 76.3 Å². The van der Waals surface area contributed by atoms with E-state index in [9.17, 15) is 9.18 Å². The molecule has 0 saturated carbocycles. The highest BCUT2D eigenvalue weighted by Crippen LogP contribution is 2.27. The molecule has 3 aromatic rings. The van der Waals surface area contributed by atoms with Gasteiger partial charge in [0.05, 0.1) is 11.8 Å². The summed E-state index contributed by atoms with van der Waals surface area (Å²) in [7, 11) is 3.91. The van der Waals surface area contributed by atoms with Gasteiger partial charge in [-0.25, -0.2) is 4.39 Å². The Morgan fingerprint density at radius 1 is 1.17 bits per heavy atom. The first-order chi connectivity index (χ1) is 14.3. The van der Waals surface area contributed by atoms with E-state index < -0.39 is 0 Å². The van der Waals surface area contributed by atoms with Gasteiger partial charge < -0.3 is 5.32 Å². The van der Waals surface area contributed by atoms with Crippen molar-refractivity contribution in [3.8, 4) is 5.69 Å². The standard InChI is InChI=1S/C22H26FN5OS/c1-14-7-6-8-19(15(14)2)24-20(29)13-30-22-26-25-21(16(3)27(4)5)28(22)18-11-9-17(23)10-12-18/h6-12,16H,13H2,1-5H3,(H,24,29). The summed E-state index contributed by atoms with van der Waals surface area (Å²) < 4.78 is 15.3. The van der Waals surface area contributed by atoms with Gasteiger partial charge in [0.25, 0.3) is 0 Å². The average Bonchev–Trinajstić information content (AvgIpc) is 3.13. The molecule has 1 heterocycles. The topological polar surface area (TPSA) is 63.1 Å². The third-order valence-corrected chi connectivity index (χ3v) is 6.03. The molecule has 0 spiro atoms. The minimum Gasteiger partial charge on any atom is -0.325 e. The molecule has 0 radical (unpaired) electrons. The molecule has 6 nitrogen and oxygen atoms in total. The zero-order chi connectivity index (χ0) is 21.8. The zero-order valence-electron chi connectivity index (χ0n) is 17.8. The van der Waals surface area contributed by atoms with E-state index in [1.54, 1.807) is 12.1 Å². The van der Waals surface area contributed by atoms with Crippen molar-refractivity contribution in [1.82, 2.24) is 19.7 Å². The van der Waals surface area contributed by atoms with Gasteiger partial charge in [0.2, 0.25) is 5.91 Å². The number of rotatable bonds is 7. The molecular weight excluding hydrogens is 401 g/mol. The fourth-order valence-corrected chi connectivity index (χ4v) is 3.67. The van der Waals surface area contributed by atoms with E-state index in [1.807, 2.05) is 62.5 Å². The maximum atomic E-state index is 13.4. The monoisotopic (exact) mass is 427 g/mol. The predicted octanol–water partition coefficient (Wildman–Crippen LogP) is 4.38. The largest absolute Gasteiger partial charge is 0.325 e. The lowest BCUT2D eigenvalue weighted by molar-refractivity contribution is -0.113. The van der Waals surface area contributed by atoms with E-state index in [-0.39, 0.29) is 23.5 Å². The summed E-state index contributed by atoms with van der Waals surface area (Å²) in [6.45, 7) is 6.02. The van der Waals surface area contributed by atoms with Crippen LogP contribution in [0, 0.1) is 19.7 Å². The van der Waals surface area contributed by atoms with E-state index in [2.05, 4.69) is 15.5 Å². The van der Waals surface area contributed by atoms with Gasteiger partial charge in [0, 0.05) is 11.4 Å². The van der Waals surface area contributed by atoms with Gasteiger partial charge >= 0.3 is 0 Å². The molecule has 158 valence electrons. The lowest BCUT2D eigenvalue weighted by atomic mass is 10.1. The Labute approximate surface area is 180 Å². The summed E-state index contributed by atoms with van der Waals surface area (Å²) in [5.41, 5.74) is 3.73. The van der Waals surface area contributed by atoms with Crippen LogP contribution in [0.3, 0.4) is 0 Å². The summed E-state index contributed by atoms with van der Waals surface area (Å²) in [4.78, 5) is 14.6. The molecule has 1 unspecified atom stereocenters. The molecule has 8 heteroatoms. The number of nitrogens with zero attached hydrogens (tertiary/aromatic N) is 4. The van der Waals surface area contributed by atoms with Crippen molar-refractivity contribution in [2.75, 3.05) is 25.2 Å². The lowest BCUT2D eigenvalue weighted by Crippen LogP contribution is -2.21. The number of anilines is 1. The average molecular weight is 428 g/mol. The molecule has 0 fully saturated rings. The summed E-state index contributed by atoms with van der Waals surface area (Å²) in [6, 6.07) is 12.0. The maximum absolute atomic E-state index is 13.4. The normalized spacial score (nSPS) is 12.2. The third-order valence-electron chi connectivity index (χ3n) is 5.10. The summed E-state index contributed by atoms with van der Waals surface area (Å²) >= 11 is 1.30. The van der Waals surface area contributed by atoms with E-state index in [0.717, 1.165) is 28.3 Å². The highest BCUT2D eigenvalue weighted by Gasteiger charge is 2.21. The number of carbonyl (C=O) groups excluding carboxylic acids is 1. The van der Waals surface area contributed by atoms with Crippen molar-refractivity contribution in [2.24, 2.45) is 0 Å². The number of thioether (sulfide) groups is 1. The smallest absolute Gasteiger partial charge is 0.234 e. The van der Waals surface area contributed by atoms with Crippen molar-refractivity contribution in [2.45, 2.75) is 32.0 Å². The summed E-state index contributed by atoms with van der Waals surface area (Å²) in [5.74, 6) is 0.480. The number of aryl methyl sites for hydroxylation is 1. The molecule has 0 saturated heterocycles. The number of benzene rings is 2. The number of nitrogens with one attached hydrogen (secondary N) is 1. The SMILES string of the molecule is Cc1cccc(NC(=O)CSc2nnc(C(C)N(C)C)n2-c2ccc(F)cc2)c1C. The second-order valence-corrected chi connectivity index (χ2v) is 8.32. The van der Waals surface area contributed by atoms with Gasteiger partial charge in [0.1, 0.15) is 5.82 Å². The molecule has 0 aliphatic rings. The number of hydrogen-bond donors (Lipinski definition) is 1. The van der Waals surface area contributed by atoms with Crippen LogP contribution in [0.5, 0.6) is 0 Å². The van der Waals surface area contributed by atoms with Gasteiger partial charge in [-0.15, -0.1) is 10.2 Å². The van der Waals surface area contributed by atoms with Crippen molar-refractivity contribution in [3.05, 3.63) is 65.2 Å². The molecule has 3 rings (SSSR count). The molecule has 30 heavy (non-hydrogen) atoms. The minimum atomic E-state index is -0.309. The van der Waals surface area contributed by atoms with Gasteiger partial charge in [-0.1, -0.05) is 23.9 Å². The molecule has 1 amide bonds. The molecule has 1 N–H and O–H groups in total. The fraction of sp³-hybridized carbons (Fsp3) is 0.318. The Morgan fingerprint density at radius 2 is 1.87 bits per heavy atom. The zero-order valence-corrected chi connectivity index (χ0v) is 18.6. The predicted molar refractivity (Wildman–Crippen MR) is 119 cm³/mol. The Hall–Kier alpha value is -2.71. The van der Waals surface area contributed by atoms with Crippen LogP contribution in [0.15, 0.2) is 47.6 Å². The van der Waals surface area contributed by atoms with Crippen LogP contribution in [-0.2, 0) is 4.79 Å². The van der Waals surface area contributed by atoms with Crippen LogP contribution in [-0.4, -0.2) is 45.4 Å². The molecule has 0 aliphatic carbocycles. The molecule has 0 bridgehead atoms. The van der Waals surface area contributed by atoms with Gasteiger partial charge in [-0.3, -0.25) is 14.3 Å². The van der Waals surface area contributed by atoms with E-state index in [4.69, 9.17) is 0 Å². The Morgan fingerprint density at radius 3 is 2.53 bits per heavy atom. The molecule has 1 atom stereocenters. The van der Waals surface area contributed by atoms with Crippen LogP contribution in [0.2, 0.25) is 0 Å².